The number of ether oxygens (including phenoxy) is 2. The van der Waals surface area contributed by atoms with Crippen LogP contribution >= 0.6 is 0 Å². The first-order valence-electron chi connectivity index (χ1n) is 9.16. The van der Waals surface area contributed by atoms with E-state index in [4.69, 9.17) is 9.47 Å². The third-order valence-corrected chi connectivity index (χ3v) is 5.18. The first kappa shape index (κ1) is 16.4. The summed E-state index contributed by atoms with van der Waals surface area (Å²) in [6.07, 6.45) is 11.1. The molecule has 0 aromatic heterocycles. The highest BCUT2D eigenvalue weighted by Crippen LogP contribution is 2.36. The predicted molar refractivity (Wildman–Crippen MR) is 90.7 cm³/mol. The van der Waals surface area contributed by atoms with Crippen molar-refractivity contribution in [3.05, 3.63) is 29.8 Å². The molecular weight excluding hydrogens is 288 g/mol. The molecule has 2 aliphatic carbocycles. The molecule has 3 rings (SSSR count). The summed E-state index contributed by atoms with van der Waals surface area (Å²) in [5.41, 5.74) is 1.27. The van der Waals surface area contributed by atoms with Gasteiger partial charge in [0, 0.05) is 12.8 Å². The van der Waals surface area contributed by atoms with Crippen LogP contribution in [0.2, 0.25) is 0 Å². The number of rotatable bonds is 4. The molecule has 23 heavy (non-hydrogen) atoms. The largest absolute Gasteiger partial charge is 0.490 e. The molecule has 126 valence electrons. The molecule has 0 N–H and O–H groups in total. The highest BCUT2D eigenvalue weighted by Gasteiger charge is 2.28. The van der Waals surface area contributed by atoms with Crippen molar-refractivity contribution < 1.29 is 14.3 Å². The van der Waals surface area contributed by atoms with E-state index < -0.39 is 0 Å². The lowest BCUT2D eigenvalue weighted by molar-refractivity contribution is -0.148. The van der Waals surface area contributed by atoms with Gasteiger partial charge in [-0.15, -0.1) is 0 Å². The Morgan fingerprint density at radius 3 is 2.26 bits per heavy atom. The Labute approximate surface area is 139 Å². The fraction of sp³-hybridized carbons (Fsp3) is 0.650. The molecule has 3 heteroatoms. The molecule has 0 unspecified atom stereocenters. The van der Waals surface area contributed by atoms with Crippen molar-refractivity contribution in [1.82, 2.24) is 0 Å². The van der Waals surface area contributed by atoms with Gasteiger partial charge in [-0.25, -0.2) is 0 Å². The van der Waals surface area contributed by atoms with Crippen molar-refractivity contribution in [2.24, 2.45) is 0 Å². The number of hydrogen-bond donors (Lipinski definition) is 0. The van der Waals surface area contributed by atoms with Gasteiger partial charge in [0.15, 0.2) is 0 Å². The summed E-state index contributed by atoms with van der Waals surface area (Å²) in [7, 11) is 0. The van der Waals surface area contributed by atoms with E-state index in [1.54, 1.807) is 0 Å². The van der Waals surface area contributed by atoms with Crippen molar-refractivity contribution in [1.29, 1.82) is 0 Å². The minimum Gasteiger partial charge on any atom is -0.490 e. The van der Waals surface area contributed by atoms with E-state index in [2.05, 4.69) is 24.3 Å². The number of carbonyl (C=O) groups excluding carboxylic acids is 1. The molecule has 0 saturated heterocycles. The first-order chi connectivity index (χ1) is 11.2. The molecule has 0 aliphatic heterocycles. The second kappa shape index (κ2) is 7.85. The van der Waals surface area contributed by atoms with Crippen LogP contribution in [0.3, 0.4) is 0 Å². The zero-order valence-corrected chi connectivity index (χ0v) is 14.1. The average Bonchev–Trinajstić information content (AvgIpc) is 2.57. The maximum absolute atomic E-state index is 11.3. The van der Waals surface area contributed by atoms with Gasteiger partial charge in [0.1, 0.15) is 11.9 Å². The highest BCUT2D eigenvalue weighted by molar-refractivity contribution is 5.66. The summed E-state index contributed by atoms with van der Waals surface area (Å²) in [4.78, 5) is 11.3. The Kier molecular flexibility index (Phi) is 5.58. The lowest BCUT2D eigenvalue weighted by atomic mass is 9.81. The van der Waals surface area contributed by atoms with E-state index in [-0.39, 0.29) is 12.1 Å². The fourth-order valence-electron chi connectivity index (χ4n) is 4.00. The Morgan fingerprint density at radius 1 is 0.913 bits per heavy atom. The monoisotopic (exact) mass is 316 g/mol. The second-order valence-corrected chi connectivity index (χ2v) is 6.99. The summed E-state index contributed by atoms with van der Waals surface area (Å²) >= 11 is 0. The number of carbonyl (C=O) groups is 1. The predicted octanol–water partition coefficient (Wildman–Crippen LogP) is 4.99. The van der Waals surface area contributed by atoms with Crippen LogP contribution in [-0.2, 0) is 9.53 Å². The molecule has 0 radical (unpaired) electrons. The minimum absolute atomic E-state index is 0.0337. The maximum atomic E-state index is 11.3. The smallest absolute Gasteiger partial charge is 0.302 e. The fourth-order valence-corrected chi connectivity index (χ4v) is 4.00. The van der Waals surface area contributed by atoms with Gasteiger partial charge in [0.2, 0.25) is 0 Å². The van der Waals surface area contributed by atoms with Crippen LogP contribution in [-0.4, -0.2) is 18.2 Å². The topological polar surface area (TPSA) is 35.5 Å². The van der Waals surface area contributed by atoms with E-state index in [0.717, 1.165) is 25.0 Å². The standard InChI is InChI=1S/C20H28O3/c1-15(21)22-20-10-6-5-9-19(20)16-11-13-18(14-12-16)23-17-7-3-2-4-8-17/h11-14,17,19-20H,2-10H2,1H3/t19-,20+/m1/s1. The Hall–Kier alpha value is -1.51. The van der Waals surface area contributed by atoms with Gasteiger partial charge in [-0.1, -0.05) is 25.0 Å². The molecule has 0 amide bonds. The second-order valence-electron chi connectivity index (χ2n) is 6.99. The van der Waals surface area contributed by atoms with Gasteiger partial charge in [0.25, 0.3) is 0 Å². The summed E-state index contributed by atoms with van der Waals surface area (Å²) in [5.74, 6) is 1.14. The number of hydrogen-bond acceptors (Lipinski definition) is 3. The molecule has 2 saturated carbocycles. The van der Waals surface area contributed by atoms with E-state index in [0.29, 0.717) is 12.0 Å². The number of esters is 1. The number of benzene rings is 1. The third-order valence-electron chi connectivity index (χ3n) is 5.18. The summed E-state index contributed by atoms with van der Waals surface area (Å²) in [6, 6.07) is 8.49. The lowest BCUT2D eigenvalue weighted by Crippen LogP contribution is -2.27. The van der Waals surface area contributed by atoms with Gasteiger partial charge in [-0.3, -0.25) is 4.79 Å². The molecule has 0 bridgehead atoms. The van der Waals surface area contributed by atoms with E-state index in [1.807, 2.05) is 0 Å². The Balaban J connectivity index is 1.63. The molecular formula is C20H28O3. The van der Waals surface area contributed by atoms with Crippen LogP contribution in [0.25, 0.3) is 0 Å². The van der Waals surface area contributed by atoms with E-state index in [1.165, 1.54) is 51.0 Å². The minimum atomic E-state index is -0.167. The van der Waals surface area contributed by atoms with Crippen molar-refractivity contribution in [3.63, 3.8) is 0 Å². The molecule has 0 heterocycles. The normalized spacial score (nSPS) is 25.8. The molecule has 0 spiro atoms. The van der Waals surface area contributed by atoms with E-state index >= 15 is 0 Å². The lowest BCUT2D eigenvalue weighted by Gasteiger charge is -2.31. The average molecular weight is 316 g/mol. The Morgan fingerprint density at radius 2 is 1.57 bits per heavy atom. The van der Waals surface area contributed by atoms with E-state index in [9.17, 15) is 4.79 Å². The molecule has 2 fully saturated rings. The van der Waals surface area contributed by atoms with Crippen LogP contribution in [0, 0.1) is 0 Å². The van der Waals surface area contributed by atoms with Crippen LogP contribution < -0.4 is 4.74 Å². The molecule has 1 aromatic carbocycles. The van der Waals surface area contributed by atoms with Gasteiger partial charge in [-0.05, 0) is 62.6 Å². The van der Waals surface area contributed by atoms with Crippen LogP contribution in [0.4, 0.5) is 0 Å². The van der Waals surface area contributed by atoms with Crippen LogP contribution in [0.15, 0.2) is 24.3 Å². The molecule has 3 nitrogen and oxygen atoms in total. The van der Waals surface area contributed by atoms with Gasteiger partial charge in [0.05, 0.1) is 6.10 Å². The molecule has 1 aromatic rings. The van der Waals surface area contributed by atoms with Crippen LogP contribution in [0.1, 0.15) is 76.2 Å². The Bertz CT molecular complexity index is 502. The van der Waals surface area contributed by atoms with Crippen molar-refractivity contribution in [3.8, 4) is 5.75 Å². The zero-order chi connectivity index (χ0) is 16.1. The zero-order valence-electron chi connectivity index (χ0n) is 14.1. The molecule has 2 aliphatic rings. The SMILES string of the molecule is CC(=O)O[C@H]1CCCC[C@@H]1c1ccc(OC2CCCCC2)cc1. The summed E-state index contributed by atoms with van der Waals surface area (Å²) in [6.45, 7) is 1.51. The highest BCUT2D eigenvalue weighted by atomic mass is 16.5. The van der Waals surface area contributed by atoms with Crippen molar-refractivity contribution in [2.75, 3.05) is 0 Å². The maximum Gasteiger partial charge on any atom is 0.302 e. The van der Waals surface area contributed by atoms with Gasteiger partial charge < -0.3 is 9.47 Å². The van der Waals surface area contributed by atoms with Crippen molar-refractivity contribution in [2.45, 2.75) is 82.8 Å². The third kappa shape index (κ3) is 4.49. The first-order valence-corrected chi connectivity index (χ1v) is 9.16. The summed E-state index contributed by atoms with van der Waals surface area (Å²) < 4.78 is 11.6. The quantitative estimate of drug-likeness (QED) is 0.734. The summed E-state index contributed by atoms with van der Waals surface area (Å²) in [5, 5.41) is 0. The van der Waals surface area contributed by atoms with Crippen molar-refractivity contribution >= 4 is 5.97 Å². The molecule has 2 atom stereocenters. The van der Waals surface area contributed by atoms with Crippen LogP contribution in [0.5, 0.6) is 5.75 Å². The van der Waals surface area contributed by atoms with Gasteiger partial charge in [-0.2, -0.15) is 0 Å². The van der Waals surface area contributed by atoms with Gasteiger partial charge >= 0.3 is 5.97 Å².